The Labute approximate surface area is 98.7 Å². The van der Waals surface area contributed by atoms with Crippen LogP contribution in [0.25, 0.3) is 0 Å². The van der Waals surface area contributed by atoms with Gasteiger partial charge in [-0.05, 0) is 49.9 Å². The topological polar surface area (TPSA) is 32.3 Å². The minimum Gasteiger partial charge on any atom is -0.508 e. The van der Waals surface area contributed by atoms with Crippen LogP contribution in [0.1, 0.15) is 37.0 Å². The number of aromatic hydroxyl groups is 1. The van der Waals surface area contributed by atoms with Crippen molar-refractivity contribution in [2.75, 3.05) is 6.54 Å². The van der Waals surface area contributed by atoms with E-state index in [0.29, 0.717) is 5.75 Å². The zero-order valence-electron chi connectivity index (χ0n) is 10.8. The van der Waals surface area contributed by atoms with E-state index in [1.807, 2.05) is 13.0 Å². The van der Waals surface area contributed by atoms with E-state index < -0.39 is 0 Å². The molecular formula is C14H23NO. The van der Waals surface area contributed by atoms with Crippen molar-refractivity contribution in [1.29, 1.82) is 0 Å². The maximum Gasteiger partial charge on any atom is 0.120 e. The smallest absolute Gasteiger partial charge is 0.120 e. The molecule has 16 heavy (non-hydrogen) atoms. The summed E-state index contributed by atoms with van der Waals surface area (Å²) in [7, 11) is 0. The summed E-state index contributed by atoms with van der Waals surface area (Å²) in [6.45, 7) is 10.3. The standard InChI is InChI=1S/C14H23NO/c1-10(2)5-6-15-9-13-7-11(3)12(4)8-14(13)16/h7-8,10,15-16H,5-6,9H2,1-4H3. The Balaban J connectivity index is 2.51. The van der Waals surface area contributed by atoms with Crippen molar-refractivity contribution in [2.45, 2.75) is 40.7 Å². The number of hydrogen-bond acceptors (Lipinski definition) is 2. The fourth-order valence-corrected chi connectivity index (χ4v) is 1.62. The van der Waals surface area contributed by atoms with Gasteiger partial charge in [-0.15, -0.1) is 0 Å². The number of aryl methyl sites for hydroxylation is 2. The normalized spacial score (nSPS) is 11.1. The maximum absolute atomic E-state index is 9.78. The molecule has 0 unspecified atom stereocenters. The Bertz CT molecular complexity index is 345. The van der Waals surface area contributed by atoms with Gasteiger partial charge >= 0.3 is 0 Å². The highest BCUT2D eigenvalue weighted by molar-refractivity contribution is 5.40. The van der Waals surface area contributed by atoms with Crippen LogP contribution in [0.3, 0.4) is 0 Å². The Morgan fingerprint density at radius 1 is 1.19 bits per heavy atom. The summed E-state index contributed by atoms with van der Waals surface area (Å²) in [6, 6.07) is 3.90. The lowest BCUT2D eigenvalue weighted by molar-refractivity contribution is 0.461. The van der Waals surface area contributed by atoms with Crippen molar-refractivity contribution in [1.82, 2.24) is 5.32 Å². The predicted molar refractivity (Wildman–Crippen MR) is 68.7 cm³/mol. The van der Waals surface area contributed by atoms with Crippen LogP contribution in [0.2, 0.25) is 0 Å². The van der Waals surface area contributed by atoms with Gasteiger partial charge in [0.1, 0.15) is 5.75 Å². The van der Waals surface area contributed by atoms with E-state index in [-0.39, 0.29) is 0 Å². The average molecular weight is 221 g/mol. The fraction of sp³-hybridized carbons (Fsp3) is 0.571. The summed E-state index contributed by atoms with van der Waals surface area (Å²) in [6.07, 6.45) is 1.17. The number of hydrogen-bond donors (Lipinski definition) is 2. The fourth-order valence-electron chi connectivity index (χ4n) is 1.62. The number of phenolic OH excluding ortho intramolecular Hbond substituents is 1. The second-order valence-electron chi connectivity index (χ2n) is 4.92. The lowest BCUT2D eigenvalue weighted by atomic mass is 10.0. The van der Waals surface area contributed by atoms with Crippen LogP contribution in [-0.2, 0) is 6.54 Å². The highest BCUT2D eigenvalue weighted by Crippen LogP contribution is 2.21. The predicted octanol–water partition coefficient (Wildman–Crippen LogP) is 3.14. The monoisotopic (exact) mass is 221 g/mol. The molecule has 0 spiro atoms. The van der Waals surface area contributed by atoms with Gasteiger partial charge in [0.2, 0.25) is 0 Å². The van der Waals surface area contributed by atoms with Crippen LogP contribution in [0.4, 0.5) is 0 Å². The van der Waals surface area contributed by atoms with Crippen LogP contribution < -0.4 is 5.32 Å². The Morgan fingerprint density at radius 2 is 1.81 bits per heavy atom. The molecule has 0 aliphatic heterocycles. The third-order valence-corrected chi connectivity index (χ3v) is 2.91. The molecule has 0 bridgehead atoms. The number of rotatable bonds is 5. The Kier molecular flexibility index (Phi) is 4.81. The molecule has 0 aliphatic rings. The second-order valence-corrected chi connectivity index (χ2v) is 4.92. The van der Waals surface area contributed by atoms with Gasteiger partial charge < -0.3 is 10.4 Å². The Morgan fingerprint density at radius 3 is 2.44 bits per heavy atom. The van der Waals surface area contributed by atoms with Crippen molar-refractivity contribution in [3.8, 4) is 5.75 Å². The molecule has 1 rings (SSSR count). The van der Waals surface area contributed by atoms with Gasteiger partial charge in [-0.2, -0.15) is 0 Å². The highest BCUT2D eigenvalue weighted by Gasteiger charge is 2.03. The molecule has 0 radical (unpaired) electrons. The molecule has 1 aromatic carbocycles. The van der Waals surface area contributed by atoms with Gasteiger partial charge in [-0.25, -0.2) is 0 Å². The van der Waals surface area contributed by atoms with E-state index in [2.05, 4.69) is 32.2 Å². The molecule has 0 amide bonds. The molecule has 0 saturated carbocycles. The molecular weight excluding hydrogens is 198 g/mol. The van der Waals surface area contributed by atoms with E-state index >= 15 is 0 Å². The number of nitrogens with one attached hydrogen (secondary N) is 1. The van der Waals surface area contributed by atoms with Gasteiger partial charge in [-0.1, -0.05) is 19.9 Å². The lowest BCUT2D eigenvalue weighted by Crippen LogP contribution is -2.16. The molecule has 90 valence electrons. The van der Waals surface area contributed by atoms with E-state index in [0.717, 1.165) is 30.1 Å². The summed E-state index contributed by atoms with van der Waals surface area (Å²) in [5, 5.41) is 13.1. The molecule has 0 aliphatic carbocycles. The molecule has 0 aromatic heterocycles. The minimum atomic E-state index is 0.403. The van der Waals surface area contributed by atoms with Crippen LogP contribution in [0, 0.1) is 19.8 Å². The number of phenols is 1. The first kappa shape index (κ1) is 13.0. The first-order valence-electron chi connectivity index (χ1n) is 6.00. The molecule has 0 heterocycles. The largest absolute Gasteiger partial charge is 0.508 e. The quantitative estimate of drug-likeness (QED) is 0.749. The van der Waals surface area contributed by atoms with Crippen molar-refractivity contribution >= 4 is 0 Å². The minimum absolute atomic E-state index is 0.403. The SMILES string of the molecule is Cc1cc(O)c(CNCCC(C)C)cc1C. The lowest BCUT2D eigenvalue weighted by Gasteiger charge is -2.10. The van der Waals surface area contributed by atoms with Crippen LogP contribution >= 0.6 is 0 Å². The van der Waals surface area contributed by atoms with E-state index in [9.17, 15) is 5.11 Å². The number of benzene rings is 1. The Hall–Kier alpha value is -1.02. The van der Waals surface area contributed by atoms with Gasteiger partial charge in [0.05, 0.1) is 0 Å². The summed E-state index contributed by atoms with van der Waals surface area (Å²) in [5.41, 5.74) is 3.37. The van der Waals surface area contributed by atoms with Gasteiger partial charge in [-0.3, -0.25) is 0 Å². The summed E-state index contributed by atoms with van der Waals surface area (Å²) in [4.78, 5) is 0. The van der Waals surface area contributed by atoms with Crippen molar-refractivity contribution < 1.29 is 5.11 Å². The molecule has 0 fully saturated rings. The van der Waals surface area contributed by atoms with E-state index in [1.54, 1.807) is 0 Å². The zero-order valence-corrected chi connectivity index (χ0v) is 10.8. The summed E-state index contributed by atoms with van der Waals surface area (Å²) >= 11 is 0. The van der Waals surface area contributed by atoms with Crippen molar-refractivity contribution in [3.05, 3.63) is 28.8 Å². The average Bonchev–Trinajstić information content (AvgIpc) is 2.19. The second kappa shape index (κ2) is 5.90. The van der Waals surface area contributed by atoms with E-state index in [4.69, 9.17) is 0 Å². The third kappa shape index (κ3) is 3.86. The third-order valence-electron chi connectivity index (χ3n) is 2.91. The van der Waals surface area contributed by atoms with Crippen LogP contribution in [0.15, 0.2) is 12.1 Å². The van der Waals surface area contributed by atoms with Gasteiger partial charge in [0, 0.05) is 12.1 Å². The van der Waals surface area contributed by atoms with Crippen molar-refractivity contribution in [3.63, 3.8) is 0 Å². The summed E-state index contributed by atoms with van der Waals surface area (Å²) < 4.78 is 0. The van der Waals surface area contributed by atoms with Gasteiger partial charge in [0.15, 0.2) is 0 Å². The molecule has 2 N–H and O–H groups in total. The first-order chi connectivity index (χ1) is 7.50. The molecule has 2 nitrogen and oxygen atoms in total. The zero-order chi connectivity index (χ0) is 12.1. The maximum atomic E-state index is 9.78. The molecule has 1 aromatic rings. The molecule has 2 heteroatoms. The summed E-state index contributed by atoms with van der Waals surface area (Å²) in [5.74, 6) is 1.13. The van der Waals surface area contributed by atoms with Gasteiger partial charge in [0.25, 0.3) is 0 Å². The van der Waals surface area contributed by atoms with E-state index in [1.165, 1.54) is 12.0 Å². The van der Waals surface area contributed by atoms with Crippen LogP contribution in [-0.4, -0.2) is 11.7 Å². The highest BCUT2D eigenvalue weighted by atomic mass is 16.3. The van der Waals surface area contributed by atoms with Crippen molar-refractivity contribution in [2.24, 2.45) is 5.92 Å². The molecule has 0 saturated heterocycles. The van der Waals surface area contributed by atoms with Crippen LogP contribution in [0.5, 0.6) is 5.75 Å². The first-order valence-corrected chi connectivity index (χ1v) is 6.00. The molecule has 0 atom stereocenters.